The van der Waals surface area contributed by atoms with Crippen molar-refractivity contribution in [3.05, 3.63) is 30.1 Å². The Balaban J connectivity index is 2.10. The minimum atomic E-state index is -0.369. The molecule has 0 bridgehead atoms. The molecule has 0 N–H and O–H groups in total. The lowest BCUT2D eigenvalue weighted by Crippen LogP contribution is -2.35. The van der Waals surface area contributed by atoms with Crippen LogP contribution in [0.25, 0.3) is 0 Å². The number of amides is 1. The molecule has 0 spiro atoms. The molecule has 1 aliphatic heterocycles. The molecule has 2 atom stereocenters. The largest absolute Gasteiger partial charge is 0.469 e. The summed E-state index contributed by atoms with van der Waals surface area (Å²) in [4.78, 5) is 29.3. The van der Waals surface area contributed by atoms with E-state index in [4.69, 9.17) is 4.74 Å². The standard InChI is InChI=1S/C13H16N2O3/c1-9-11(13(17)18-2)7-12(16)15(9)8-10-5-3-4-6-14-10/h3-6,9,11H,7-8H2,1-2H3. The fraction of sp³-hybridized carbons (Fsp3) is 0.462. The van der Waals surface area contributed by atoms with E-state index in [1.165, 1.54) is 7.11 Å². The van der Waals surface area contributed by atoms with Gasteiger partial charge in [0, 0.05) is 18.7 Å². The molecular weight excluding hydrogens is 232 g/mol. The fourth-order valence-electron chi connectivity index (χ4n) is 2.25. The Hall–Kier alpha value is -1.91. The van der Waals surface area contributed by atoms with Gasteiger partial charge >= 0.3 is 5.97 Å². The molecule has 0 aromatic carbocycles. The number of hydrogen-bond acceptors (Lipinski definition) is 4. The molecule has 5 nitrogen and oxygen atoms in total. The molecule has 1 saturated heterocycles. The number of likely N-dealkylation sites (tertiary alicyclic amines) is 1. The predicted octanol–water partition coefficient (Wildman–Crippen LogP) is 0.992. The van der Waals surface area contributed by atoms with Crippen LogP contribution in [0.2, 0.25) is 0 Å². The van der Waals surface area contributed by atoms with Crippen molar-refractivity contribution in [2.45, 2.75) is 25.9 Å². The molecule has 1 fully saturated rings. The Morgan fingerprint density at radius 2 is 2.33 bits per heavy atom. The monoisotopic (exact) mass is 248 g/mol. The van der Waals surface area contributed by atoms with E-state index in [0.717, 1.165) is 5.69 Å². The van der Waals surface area contributed by atoms with Gasteiger partial charge in [-0.3, -0.25) is 14.6 Å². The summed E-state index contributed by atoms with van der Waals surface area (Å²) in [7, 11) is 1.35. The summed E-state index contributed by atoms with van der Waals surface area (Å²) in [5.74, 6) is -0.714. The highest BCUT2D eigenvalue weighted by Gasteiger charge is 2.41. The minimum Gasteiger partial charge on any atom is -0.469 e. The van der Waals surface area contributed by atoms with Crippen molar-refractivity contribution in [3.8, 4) is 0 Å². The molecular formula is C13H16N2O3. The predicted molar refractivity (Wildman–Crippen MR) is 64.4 cm³/mol. The van der Waals surface area contributed by atoms with Crippen LogP contribution in [0.4, 0.5) is 0 Å². The number of ether oxygens (including phenoxy) is 1. The van der Waals surface area contributed by atoms with E-state index in [1.54, 1.807) is 11.1 Å². The number of methoxy groups -OCH3 is 1. The van der Waals surface area contributed by atoms with Crippen LogP contribution in [0.3, 0.4) is 0 Å². The van der Waals surface area contributed by atoms with E-state index in [9.17, 15) is 9.59 Å². The summed E-state index contributed by atoms with van der Waals surface area (Å²) in [6, 6.07) is 5.43. The summed E-state index contributed by atoms with van der Waals surface area (Å²) >= 11 is 0. The molecule has 2 unspecified atom stereocenters. The first-order valence-electron chi connectivity index (χ1n) is 5.90. The van der Waals surface area contributed by atoms with Gasteiger partial charge in [-0.1, -0.05) is 6.07 Å². The Labute approximate surface area is 106 Å². The van der Waals surface area contributed by atoms with Crippen LogP contribution in [0.1, 0.15) is 19.0 Å². The fourth-order valence-corrected chi connectivity index (χ4v) is 2.25. The second-order valence-corrected chi connectivity index (χ2v) is 4.42. The normalized spacial score (nSPS) is 23.2. The minimum absolute atomic E-state index is 0.0245. The third kappa shape index (κ3) is 2.34. The second kappa shape index (κ2) is 5.16. The van der Waals surface area contributed by atoms with Crippen LogP contribution in [-0.4, -0.2) is 34.9 Å². The van der Waals surface area contributed by atoms with E-state index < -0.39 is 0 Å². The van der Waals surface area contributed by atoms with Gasteiger partial charge in [-0.05, 0) is 19.1 Å². The van der Waals surface area contributed by atoms with Crippen LogP contribution < -0.4 is 0 Å². The zero-order valence-electron chi connectivity index (χ0n) is 10.5. The molecule has 1 aliphatic rings. The van der Waals surface area contributed by atoms with E-state index >= 15 is 0 Å². The summed E-state index contributed by atoms with van der Waals surface area (Å²) in [6.07, 6.45) is 1.92. The maximum Gasteiger partial charge on any atom is 0.311 e. The van der Waals surface area contributed by atoms with Gasteiger partial charge in [0.1, 0.15) is 0 Å². The lowest BCUT2D eigenvalue weighted by molar-refractivity contribution is -0.146. The topological polar surface area (TPSA) is 59.5 Å². The number of carbonyl (C=O) groups excluding carboxylic acids is 2. The molecule has 0 aliphatic carbocycles. The van der Waals surface area contributed by atoms with Crippen LogP contribution in [-0.2, 0) is 20.9 Å². The lowest BCUT2D eigenvalue weighted by Gasteiger charge is -2.23. The van der Waals surface area contributed by atoms with Crippen molar-refractivity contribution < 1.29 is 14.3 Å². The van der Waals surface area contributed by atoms with Crippen molar-refractivity contribution in [1.29, 1.82) is 0 Å². The third-order valence-electron chi connectivity index (χ3n) is 3.35. The molecule has 0 saturated carbocycles. The smallest absolute Gasteiger partial charge is 0.311 e. The maximum absolute atomic E-state index is 11.9. The Kier molecular flexibility index (Phi) is 3.60. The quantitative estimate of drug-likeness (QED) is 0.748. The van der Waals surface area contributed by atoms with Crippen LogP contribution in [0.15, 0.2) is 24.4 Å². The van der Waals surface area contributed by atoms with Crippen LogP contribution >= 0.6 is 0 Å². The number of rotatable bonds is 3. The SMILES string of the molecule is COC(=O)C1CC(=O)N(Cc2ccccn2)C1C. The molecule has 1 amide bonds. The zero-order chi connectivity index (χ0) is 13.1. The number of carbonyl (C=O) groups is 2. The van der Waals surface area contributed by atoms with Gasteiger partial charge in [-0.25, -0.2) is 0 Å². The first-order valence-corrected chi connectivity index (χ1v) is 5.90. The van der Waals surface area contributed by atoms with Crippen LogP contribution in [0.5, 0.6) is 0 Å². The summed E-state index contributed by atoms with van der Waals surface area (Å²) < 4.78 is 4.72. The summed E-state index contributed by atoms with van der Waals surface area (Å²) in [6.45, 7) is 2.31. The highest BCUT2D eigenvalue weighted by molar-refractivity contribution is 5.87. The molecule has 1 aromatic heterocycles. The zero-order valence-corrected chi connectivity index (χ0v) is 10.5. The molecule has 1 aromatic rings. The van der Waals surface area contributed by atoms with E-state index in [-0.39, 0.29) is 30.3 Å². The molecule has 5 heteroatoms. The van der Waals surface area contributed by atoms with Crippen LogP contribution in [0, 0.1) is 5.92 Å². The third-order valence-corrected chi connectivity index (χ3v) is 3.35. The summed E-state index contributed by atoms with van der Waals surface area (Å²) in [5.41, 5.74) is 0.822. The Bertz CT molecular complexity index is 447. The van der Waals surface area contributed by atoms with E-state index in [0.29, 0.717) is 6.54 Å². The van der Waals surface area contributed by atoms with Crippen molar-refractivity contribution in [2.75, 3.05) is 7.11 Å². The van der Waals surface area contributed by atoms with Gasteiger partial charge in [0.15, 0.2) is 0 Å². The average molecular weight is 248 g/mol. The number of nitrogens with zero attached hydrogens (tertiary/aromatic N) is 2. The van der Waals surface area contributed by atoms with Crippen molar-refractivity contribution in [3.63, 3.8) is 0 Å². The second-order valence-electron chi connectivity index (χ2n) is 4.42. The maximum atomic E-state index is 11.9. The first kappa shape index (κ1) is 12.5. The Morgan fingerprint density at radius 3 is 2.94 bits per heavy atom. The molecule has 2 rings (SSSR count). The number of aromatic nitrogens is 1. The molecule has 18 heavy (non-hydrogen) atoms. The Morgan fingerprint density at radius 1 is 1.56 bits per heavy atom. The van der Waals surface area contributed by atoms with Gasteiger partial charge in [-0.2, -0.15) is 0 Å². The number of pyridine rings is 1. The highest BCUT2D eigenvalue weighted by atomic mass is 16.5. The van der Waals surface area contributed by atoms with Gasteiger partial charge < -0.3 is 9.64 Å². The van der Waals surface area contributed by atoms with Gasteiger partial charge in [0.05, 0.1) is 25.3 Å². The molecule has 2 heterocycles. The molecule has 0 radical (unpaired) electrons. The summed E-state index contributed by atoms with van der Waals surface area (Å²) in [5, 5.41) is 0. The van der Waals surface area contributed by atoms with Gasteiger partial charge in [0.2, 0.25) is 5.91 Å². The van der Waals surface area contributed by atoms with E-state index in [2.05, 4.69) is 4.98 Å². The van der Waals surface area contributed by atoms with Gasteiger partial charge in [-0.15, -0.1) is 0 Å². The number of hydrogen-bond donors (Lipinski definition) is 0. The van der Waals surface area contributed by atoms with Crippen molar-refractivity contribution >= 4 is 11.9 Å². The van der Waals surface area contributed by atoms with E-state index in [1.807, 2.05) is 25.1 Å². The van der Waals surface area contributed by atoms with Crippen molar-refractivity contribution in [2.24, 2.45) is 5.92 Å². The van der Waals surface area contributed by atoms with Gasteiger partial charge in [0.25, 0.3) is 0 Å². The first-order chi connectivity index (χ1) is 8.63. The highest BCUT2D eigenvalue weighted by Crippen LogP contribution is 2.27. The van der Waals surface area contributed by atoms with Crippen molar-refractivity contribution in [1.82, 2.24) is 9.88 Å². The number of esters is 1. The molecule has 96 valence electrons. The average Bonchev–Trinajstić information content (AvgIpc) is 2.67. The lowest BCUT2D eigenvalue weighted by atomic mass is 10.0.